The Balaban J connectivity index is 2.32. The summed E-state index contributed by atoms with van der Waals surface area (Å²) in [6, 6.07) is 3.89. The van der Waals surface area contributed by atoms with E-state index in [0.717, 1.165) is 9.80 Å². The number of hydrogen-bond donors (Lipinski definition) is 0. The SMILES string of the molecule is COc1ccc(Cl)cc1CN1C(=O)C(=O)N(C(C)C)C1=O. The third kappa shape index (κ3) is 2.71. The Bertz CT molecular complexity index is 615. The molecule has 0 atom stereocenters. The van der Waals surface area contributed by atoms with Crippen LogP contribution in [0.15, 0.2) is 18.2 Å². The van der Waals surface area contributed by atoms with E-state index in [2.05, 4.69) is 0 Å². The van der Waals surface area contributed by atoms with E-state index >= 15 is 0 Å². The fraction of sp³-hybridized carbons (Fsp3) is 0.357. The predicted octanol–water partition coefficient (Wildman–Crippen LogP) is 2.05. The summed E-state index contributed by atoms with van der Waals surface area (Å²) in [4.78, 5) is 37.8. The van der Waals surface area contributed by atoms with Crippen LogP contribution in [0.1, 0.15) is 19.4 Å². The fourth-order valence-corrected chi connectivity index (χ4v) is 2.35. The number of carbonyl (C=O) groups is 3. The van der Waals surface area contributed by atoms with E-state index in [1.807, 2.05) is 0 Å². The van der Waals surface area contributed by atoms with E-state index in [9.17, 15) is 14.4 Å². The molecule has 0 spiro atoms. The van der Waals surface area contributed by atoms with Gasteiger partial charge in [0, 0.05) is 16.6 Å². The molecule has 1 aliphatic rings. The third-order valence-electron chi connectivity index (χ3n) is 3.17. The van der Waals surface area contributed by atoms with Gasteiger partial charge in [-0.15, -0.1) is 0 Å². The van der Waals surface area contributed by atoms with E-state index in [1.165, 1.54) is 7.11 Å². The molecule has 112 valence electrons. The maximum atomic E-state index is 12.2. The number of ether oxygens (including phenoxy) is 1. The summed E-state index contributed by atoms with van der Waals surface area (Å²) in [6.07, 6.45) is 0. The highest BCUT2D eigenvalue weighted by molar-refractivity contribution is 6.44. The number of urea groups is 1. The lowest BCUT2D eigenvalue weighted by molar-refractivity contribution is -0.144. The van der Waals surface area contributed by atoms with Crippen molar-refractivity contribution < 1.29 is 19.1 Å². The van der Waals surface area contributed by atoms with E-state index in [0.29, 0.717) is 16.3 Å². The van der Waals surface area contributed by atoms with Crippen molar-refractivity contribution in [2.75, 3.05) is 7.11 Å². The molecule has 1 heterocycles. The zero-order valence-electron chi connectivity index (χ0n) is 11.9. The molecule has 0 aromatic heterocycles. The minimum Gasteiger partial charge on any atom is -0.496 e. The van der Waals surface area contributed by atoms with Gasteiger partial charge in [0.15, 0.2) is 0 Å². The van der Waals surface area contributed by atoms with Gasteiger partial charge in [-0.05, 0) is 32.0 Å². The Hall–Kier alpha value is -2.08. The number of rotatable bonds is 4. The molecule has 4 amide bonds. The lowest BCUT2D eigenvalue weighted by Crippen LogP contribution is -2.37. The van der Waals surface area contributed by atoms with Gasteiger partial charge in [-0.2, -0.15) is 0 Å². The van der Waals surface area contributed by atoms with E-state index < -0.39 is 17.8 Å². The summed E-state index contributed by atoms with van der Waals surface area (Å²) in [5.74, 6) is -1.15. The van der Waals surface area contributed by atoms with Crippen LogP contribution in [-0.4, -0.2) is 40.8 Å². The second kappa shape index (κ2) is 5.73. The molecule has 0 unspecified atom stereocenters. The lowest BCUT2D eigenvalue weighted by Gasteiger charge is -2.19. The van der Waals surface area contributed by atoms with Gasteiger partial charge in [-0.1, -0.05) is 11.6 Å². The summed E-state index contributed by atoms with van der Waals surface area (Å²) < 4.78 is 5.18. The topological polar surface area (TPSA) is 66.9 Å². The van der Waals surface area contributed by atoms with Gasteiger partial charge in [0.2, 0.25) is 0 Å². The molecule has 2 rings (SSSR count). The number of methoxy groups -OCH3 is 1. The van der Waals surface area contributed by atoms with Crippen LogP contribution in [0.3, 0.4) is 0 Å². The number of hydrogen-bond acceptors (Lipinski definition) is 4. The first-order valence-electron chi connectivity index (χ1n) is 6.38. The van der Waals surface area contributed by atoms with Gasteiger partial charge in [0.1, 0.15) is 5.75 Å². The minimum atomic E-state index is -0.837. The average Bonchev–Trinajstić information content (AvgIpc) is 2.63. The molecule has 1 fully saturated rings. The first-order chi connectivity index (χ1) is 9.86. The molecule has 1 aromatic carbocycles. The van der Waals surface area contributed by atoms with Crippen LogP contribution < -0.4 is 4.74 Å². The highest BCUT2D eigenvalue weighted by Crippen LogP contribution is 2.26. The zero-order chi connectivity index (χ0) is 15.7. The summed E-state index contributed by atoms with van der Waals surface area (Å²) in [7, 11) is 1.48. The molecule has 0 bridgehead atoms. The van der Waals surface area contributed by atoms with Gasteiger partial charge >= 0.3 is 17.8 Å². The number of amides is 4. The molecule has 6 nitrogen and oxygen atoms in total. The number of imide groups is 2. The number of nitrogens with zero attached hydrogens (tertiary/aromatic N) is 2. The van der Waals surface area contributed by atoms with Crippen molar-refractivity contribution in [2.24, 2.45) is 0 Å². The molecule has 0 N–H and O–H groups in total. The van der Waals surface area contributed by atoms with Crippen molar-refractivity contribution in [3.8, 4) is 5.75 Å². The zero-order valence-corrected chi connectivity index (χ0v) is 12.7. The van der Waals surface area contributed by atoms with Crippen LogP contribution in [0, 0.1) is 0 Å². The number of carbonyl (C=O) groups excluding carboxylic acids is 3. The highest BCUT2D eigenvalue weighted by atomic mass is 35.5. The van der Waals surface area contributed by atoms with Crippen molar-refractivity contribution in [3.05, 3.63) is 28.8 Å². The molecule has 21 heavy (non-hydrogen) atoms. The molecular weight excluding hydrogens is 296 g/mol. The summed E-state index contributed by atoms with van der Waals surface area (Å²) in [6.45, 7) is 3.29. The van der Waals surface area contributed by atoms with Crippen molar-refractivity contribution >= 4 is 29.4 Å². The monoisotopic (exact) mass is 310 g/mol. The molecule has 1 saturated heterocycles. The van der Waals surface area contributed by atoms with Crippen LogP contribution in [-0.2, 0) is 16.1 Å². The van der Waals surface area contributed by atoms with Gasteiger partial charge in [-0.25, -0.2) is 4.79 Å². The van der Waals surface area contributed by atoms with Crippen LogP contribution in [0.25, 0.3) is 0 Å². The normalized spacial score (nSPS) is 15.4. The molecular formula is C14H15ClN2O4. The smallest absolute Gasteiger partial charge is 0.334 e. The Kier molecular flexibility index (Phi) is 4.18. The largest absolute Gasteiger partial charge is 0.496 e. The minimum absolute atomic E-state index is 0.0592. The molecule has 1 aliphatic heterocycles. The van der Waals surface area contributed by atoms with Crippen molar-refractivity contribution in [1.82, 2.24) is 9.80 Å². The number of halogens is 1. The molecule has 0 saturated carbocycles. The van der Waals surface area contributed by atoms with Crippen LogP contribution in [0.2, 0.25) is 5.02 Å². The first-order valence-corrected chi connectivity index (χ1v) is 6.76. The van der Waals surface area contributed by atoms with E-state index in [1.54, 1.807) is 32.0 Å². The second-order valence-corrected chi connectivity index (χ2v) is 5.34. The van der Waals surface area contributed by atoms with Crippen molar-refractivity contribution in [3.63, 3.8) is 0 Å². The number of benzene rings is 1. The van der Waals surface area contributed by atoms with Crippen molar-refractivity contribution in [2.45, 2.75) is 26.4 Å². The van der Waals surface area contributed by atoms with Gasteiger partial charge in [-0.3, -0.25) is 19.4 Å². The summed E-state index contributed by atoms with van der Waals surface area (Å²) >= 11 is 5.92. The molecule has 7 heteroatoms. The maximum Gasteiger partial charge on any atom is 0.334 e. The van der Waals surface area contributed by atoms with Gasteiger partial charge in [0.05, 0.1) is 13.7 Å². The predicted molar refractivity (Wildman–Crippen MR) is 75.9 cm³/mol. The first kappa shape index (κ1) is 15.3. The second-order valence-electron chi connectivity index (χ2n) is 4.90. The molecule has 0 aliphatic carbocycles. The van der Waals surface area contributed by atoms with Crippen LogP contribution in [0.4, 0.5) is 4.79 Å². The van der Waals surface area contributed by atoms with Gasteiger partial charge in [0.25, 0.3) is 0 Å². The quantitative estimate of drug-likeness (QED) is 0.630. The Morgan fingerprint density at radius 3 is 2.38 bits per heavy atom. The third-order valence-corrected chi connectivity index (χ3v) is 3.41. The Morgan fingerprint density at radius 1 is 1.19 bits per heavy atom. The highest BCUT2D eigenvalue weighted by Gasteiger charge is 2.45. The van der Waals surface area contributed by atoms with E-state index in [4.69, 9.17) is 16.3 Å². The van der Waals surface area contributed by atoms with Crippen LogP contribution >= 0.6 is 11.6 Å². The Morgan fingerprint density at radius 2 is 1.86 bits per heavy atom. The summed E-state index contributed by atoms with van der Waals surface area (Å²) in [5, 5.41) is 0.455. The molecule has 1 aromatic rings. The lowest BCUT2D eigenvalue weighted by atomic mass is 10.2. The Labute approximate surface area is 127 Å². The van der Waals surface area contributed by atoms with Crippen molar-refractivity contribution in [1.29, 1.82) is 0 Å². The average molecular weight is 311 g/mol. The standard InChI is InChI=1S/C14H15ClN2O4/c1-8(2)17-13(19)12(18)16(14(17)20)7-9-6-10(15)4-5-11(9)21-3/h4-6,8H,7H2,1-3H3. The van der Waals surface area contributed by atoms with Crippen LogP contribution in [0.5, 0.6) is 5.75 Å². The maximum absolute atomic E-state index is 12.2. The summed E-state index contributed by atoms with van der Waals surface area (Å²) in [5.41, 5.74) is 0.560. The van der Waals surface area contributed by atoms with E-state index in [-0.39, 0.29) is 12.6 Å². The van der Waals surface area contributed by atoms with Gasteiger partial charge < -0.3 is 4.74 Å². The fourth-order valence-electron chi connectivity index (χ4n) is 2.16. The molecule has 0 radical (unpaired) electrons.